The second-order valence-electron chi connectivity index (χ2n) is 2.70. The molecular weight excluding hydrogens is 154 g/mol. The smallest absolute Gasteiger partial charge is 0.168 e. The molecule has 0 saturated carbocycles. The molecule has 1 aromatic heterocycles. The van der Waals surface area contributed by atoms with Gasteiger partial charge in [0.2, 0.25) is 0 Å². The predicted octanol–water partition coefficient (Wildman–Crippen LogP) is 1.68. The number of pyridine rings is 1. The molecule has 1 rings (SSSR count). The highest BCUT2D eigenvalue weighted by molar-refractivity contribution is 5.71. The van der Waals surface area contributed by atoms with Crippen LogP contribution in [0.25, 0.3) is 0 Å². The summed E-state index contributed by atoms with van der Waals surface area (Å²) in [5.41, 5.74) is 0.422. The predicted molar refractivity (Wildman–Crippen MR) is 45.4 cm³/mol. The van der Waals surface area contributed by atoms with E-state index in [0.29, 0.717) is 17.7 Å². The van der Waals surface area contributed by atoms with Crippen LogP contribution in [0.2, 0.25) is 0 Å². The van der Waals surface area contributed by atoms with Crippen molar-refractivity contribution in [2.24, 2.45) is 0 Å². The summed E-state index contributed by atoms with van der Waals surface area (Å²) in [5.74, 6) is 0.690. The summed E-state index contributed by atoms with van der Waals surface area (Å²) in [6.45, 7) is 3.88. The van der Waals surface area contributed by atoms with Gasteiger partial charge in [-0.2, -0.15) is 0 Å². The molecule has 0 saturated heterocycles. The lowest BCUT2D eigenvalue weighted by Crippen LogP contribution is -2.05. The van der Waals surface area contributed by atoms with E-state index in [-0.39, 0.29) is 6.10 Å². The molecule has 0 aliphatic carbocycles. The summed E-state index contributed by atoms with van der Waals surface area (Å²) in [5, 5.41) is 0. The Balaban J connectivity index is 2.71. The van der Waals surface area contributed by atoms with E-state index >= 15 is 0 Å². The monoisotopic (exact) mass is 165 g/mol. The third-order valence-electron chi connectivity index (χ3n) is 1.25. The summed E-state index contributed by atoms with van der Waals surface area (Å²) in [4.78, 5) is 14.1. The molecule has 0 unspecified atom stereocenters. The first kappa shape index (κ1) is 8.71. The lowest BCUT2D eigenvalue weighted by molar-refractivity contribution is 0.111. The van der Waals surface area contributed by atoms with Crippen LogP contribution in [0.4, 0.5) is 0 Å². The maximum atomic E-state index is 10.2. The van der Waals surface area contributed by atoms with Crippen molar-refractivity contribution < 1.29 is 9.53 Å². The van der Waals surface area contributed by atoms with Gasteiger partial charge in [0.15, 0.2) is 6.29 Å². The van der Waals surface area contributed by atoms with Crippen LogP contribution in [0.15, 0.2) is 18.3 Å². The van der Waals surface area contributed by atoms with E-state index in [1.807, 2.05) is 13.8 Å². The van der Waals surface area contributed by atoms with Gasteiger partial charge in [0.25, 0.3) is 0 Å². The molecule has 0 aliphatic heterocycles. The quantitative estimate of drug-likeness (QED) is 0.639. The van der Waals surface area contributed by atoms with Crippen LogP contribution >= 0.6 is 0 Å². The normalized spacial score (nSPS) is 9.92. The molecule has 1 aromatic rings. The molecule has 0 fully saturated rings. The Morgan fingerprint density at radius 2 is 2.25 bits per heavy atom. The summed E-state index contributed by atoms with van der Waals surface area (Å²) in [6.07, 6.45) is 2.39. The Morgan fingerprint density at radius 3 is 2.67 bits per heavy atom. The fourth-order valence-electron chi connectivity index (χ4n) is 0.803. The van der Waals surface area contributed by atoms with Crippen LogP contribution in [0.3, 0.4) is 0 Å². The first-order chi connectivity index (χ1) is 5.72. The SMILES string of the molecule is CC(C)Oc1ccc(C=O)nc1. The molecule has 1 heterocycles. The molecule has 3 heteroatoms. The number of hydrogen-bond acceptors (Lipinski definition) is 3. The van der Waals surface area contributed by atoms with Crippen LogP contribution in [0.5, 0.6) is 5.75 Å². The summed E-state index contributed by atoms with van der Waals surface area (Å²) in [6, 6.07) is 3.36. The van der Waals surface area contributed by atoms with Gasteiger partial charge in [-0.3, -0.25) is 4.79 Å². The molecule has 0 bridgehead atoms. The van der Waals surface area contributed by atoms with Crippen LogP contribution in [-0.2, 0) is 0 Å². The number of nitrogens with zero attached hydrogens (tertiary/aromatic N) is 1. The van der Waals surface area contributed by atoms with E-state index < -0.39 is 0 Å². The third kappa shape index (κ3) is 2.34. The molecule has 0 radical (unpaired) electrons. The number of hydrogen-bond donors (Lipinski definition) is 0. The number of ether oxygens (including phenoxy) is 1. The minimum absolute atomic E-state index is 0.133. The van der Waals surface area contributed by atoms with E-state index in [4.69, 9.17) is 4.74 Å². The largest absolute Gasteiger partial charge is 0.489 e. The van der Waals surface area contributed by atoms with Crippen LogP contribution < -0.4 is 4.74 Å². The first-order valence-corrected chi connectivity index (χ1v) is 3.80. The Morgan fingerprint density at radius 1 is 1.50 bits per heavy atom. The van der Waals surface area contributed by atoms with Gasteiger partial charge in [-0.1, -0.05) is 0 Å². The highest BCUT2D eigenvalue weighted by atomic mass is 16.5. The topological polar surface area (TPSA) is 39.2 Å². The summed E-state index contributed by atoms with van der Waals surface area (Å²) < 4.78 is 5.34. The number of carbonyl (C=O) groups is 1. The highest BCUT2D eigenvalue weighted by Crippen LogP contribution is 2.09. The molecule has 0 N–H and O–H groups in total. The van der Waals surface area contributed by atoms with Crippen molar-refractivity contribution in [3.63, 3.8) is 0 Å². The maximum absolute atomic E-state index is 10.2. The minimum atomic E-state index is 0.133. The van der Waals surface area contributed by atoms with Gasteiger partial charge in [-0.25, -0.2) is 4.98 Å². The molecule has 3 nitrogen and oxygen atoms in total. The molecule has 0 spiro atoms. The molecule has 0 aliphatic rings. The molecule has 64 valence electrons. The Kier molecular flexibility index (Phi) is 2.80. The third-order valence-corrected chi connectivity index (χ3v) is 1.25. The second-order valence-corrected chi connectivity index (χ2v) is 2.70. The van der Waals surface area contributed by atoms with E-state index in [2.05, 4.69) is 4.98 Å². The van der Waals surface area contributed by atoms with Gasteiger partial charge in [-0.15, -0.1) is 0 Å². The zero-order valence-corrected chi connectivity index (χ0v) is 7.15. The minimum Gasteiger partial charge on any atom is -0.489 e. The van der Waals surface area contributed by atoms with Crippen molar-refractivity contribution in [2.45, 2.75) is 20.0 Å². The molecule has 0 atom stereocenters. The Bertz CT molecular complexity index is 254. The number of aromatic nitrogens is 1. The van der Waals surface area contributed by atoms with Gasteiger partial charge in [0.1, 0.15) is 11.4 Å². The van der Waals surface area contributed by atoms with E-state index in [0.717, 1.165) is 0 Å². The van der Waals surface area contributed by atoms with Crippen LogP contribution in [0, 0.1) is 0 Å². The summed E-state index contributed by atoms with van der Waals surface area (Å²) in [7, 11) is 0. The highest BCUT2D eigenvalue weighted by Gasteiger charge is 1.97. The maximum Gasteiger partial charge on any atom is 0.168 e. The van der Waals surface area contributed by atoms with Gasteiger partial charge < -0.3 is 4.74 Å². The van der Waals surface area contributed by atoms with Gasteiger partial charge in [0, 0.05) is 0 Å². The van der Waals surface area contributed by atoms with Crippen molar-refractivity contribution in [1.82, 2.24) is 4.98 Å². The molecule has 0 aromatic carbocycles. The first-order valence-electron chi connectivity index (χ1n) is 3.80. The fraction of sp³-hybridized carbons (Fsp3) is 0.333. The van der Waals surface area contributed by atoms with Crippen molar-refractivity contribution in [1.29, 1.82) is 0 Å². The molecule has 0 amide bonds. The molecular formula is C9H11NO2. The fourth-order valence-corrected chi connectivity index (χ4v) is 0.803. The van der Waals surface area contributed by atoms with Gasteiger partial charge in [0.05, 0.1) is 12.3 Å². The van der Waals surface area contributed by atoms with Gasteiger partial charge >= 0.3 is 0 Å². The standard InChI is InChI=1S/C9H11NO2/c1-7(2)12-9-4-3-8(6-11)10-5-9/h3-7H,1-2H3. The van der Waals surface area contributed by atoms with Gasteiger partial charge in [-0.05, 0) is 26.0 Å². The van der Waals surface area contributed by atoms with Crippen molar-refractivity contribution in [2.75, 3.05) is 0 Å². The summed E-state index contributed by atoms with van der Waals surface area (Å²) >= 11 is 0. The number of aldehydes is 1. The van der Waals surface area contributed by atoms with Crippen LogP contribution in [-0.4, -0.2) is 17.4 Å². The average molecular weight is 165 g/mol. The van der Waals surface area contributed by atoms with E-state index in [1.165, 1.54) is 0 Å². The lowest BCUT2D eigenvalue weighted by Gasteiger charge is -2.08. The Hall–Kier alpha value is -1.38. The zero-order chi connectivity index (χ0) is 8.97. The average Bonchev–Trinajstić information content (AvgIpc) is 2.05. The van der Waals surface area contributed by atoms with E-state index in [9.17, 15) is 4.79 Å². The van der Waals surface area contributed by atoms with Crippen molar-refractivity contribution in [3.8, 4) is 5.75 Å². The van der Waals surface area contributed by atoms with Crippen molar-refractivity contribution >= 4 is 6.29 Å². The molecule has 12 heavy (non-hydrogen) atoms. The van der Waals surface area contributed by atoms with Crippen LogP contribution in [0.1, 0.15) is 24.3 Å². The van der Waals surface area contributed by atoms with Crippen molar-refractivity contribution in [3.05, 3.63) is 24.0 Å². The number of rotatable bonds is 3. The zero-order valence-electron chi connectivity index (χ0n) is 7.15. The van der Waals surface area contributed by atoms with E-state index in [1.54, 1.807) is 18.3 Å². The number of carbonyl (C=O) groups excluding carboxylic acids is 1. The Labute approximate surface area is 71.4 Å². The lowest BCUT2D eigenvalue weighted by atomic mass is 10.3. The second kappa shape index (κ2) is 3.85.